The molecule has 3 heterocycles. The number of rotatable bonds is 3. The maximum absolute atomic E-state index is 4.55. The lowest BCUT2D eigenvalue weighted by atomic mass is 10.3. The quantitative estimate of drug-likeness (QED) is 0.836. The first-order valence-electron chi connectivity index (χ1n) is 6.87. The highest BCUT2D eigenvalue weighted by Crippen LogP contribution is 2.21. The van der Waals surface area contributed by atoms with Gasteiger partial charge >= 0.3 is 0 Å². The third kappa shape index (κ3) is 2.35. The molecule has 1 aliphatic heterocycles. The van der Waals surface area contributed by atoms with Crippen LogP contribution in [0.15, 0.2) is 0 Å². The first-order chi connectivity index (χ1) is 9.69. The van der Waals surface area contributed by atoms with Crippen LogP contribution in [-0.4, -0.2) is 50.3 Å². The minimum atomic E-state index is 0.898. The maximum Gasteiger partial charge on any atom is 0.227 e. The topological polar surface area (TPSA) is 63.0 Å². The first-order valence-corrected chi connectivity index (χ1v) is 7.65. The van der Waals surface area contributed by atoms with Gasteiger partial charge < -0.3 is 14.4 Å². The Morgan fingerprint density at radius 2 is 1.80 bits per heavy atom. The van der Waals surface area contributed by atoms with E-state index in [0.29, 0.717) is 0 Å². The zero-order valence-corrected chi connectivity index (χ0v) is 12.9. The first kappa shape index (κ1) is 13.3. The number of aryl methyl sites for hydroxylation is 2. The van der Waals surface area contributed by atoms with Crippen LogP contribution in [0.4, 0.5) is 11.1 Å². The summed E-state index contributed by atoms with van der Waals surface area (Å²) >= 11 is 1.50. The molecule has 20 heavy (non-hydrogen) atoms. The average Bonchev–Trinajstić information content (AvgIpc) is 3.08. The van der Waals surface area contributed by atoms with Gasteiger partial charge in [-0.25, -0.2) is 4.98 Å². The normalized spacial score (nSPS) is 15.9. The predicted molar refractivity (Wildman–Crippen MR) is 79.5 cm³/mol. The number of hydrogen-bond donors (Lipinski definition) is 0. The number of nitrogens with zero attached hydrogens (tertiary/aromatic N) is 7. The molecule has 2 aromatic rings. The van der Waals surface area contributed by atoms with E-state index in [1.165, 1.54) is 11.5 Å². The van der Waals surface area contributed by atoms with Gasteiger partial charge in [-0.3, -0.25) is 0 Å². The van der Waals surface area contributed by atoms with E-state index in [-0.39, 0.29) is 0 Å². The van der Waals surface area contributed by atoms with Crippen molar-refractivity contribution in [3.05, 3.63) is 11.6 Å². The largest absolute Gasteiger partial charge is 0.343 e. The summed E-state index contributed by atoms with van der Waals surface area (Å²) in [6.07, 6.45) is 0.898. The summed E-state index contributed by atoms with van der Waals surface area (Å²) in [5, 5.41) is 9.41. The van der Waals surface area contributed by atoms with E-state index in [2.05, 4.69) is 36.3 Å². The van der Waals surface area contributed by atoms with Gasteiger partial charge in [-0.1, -0.05) is 6.92 Å². The lowest BCUT2D eigenvalue weighted by Gasteiger charge is -2.34. The van der Waals surface area contributed by atoms with Crippen LogP contribution in [0.5, 0.6) is 0 Å². The van der Waals surface area contributed by atoms with Crippen molar-refractivity contribution >= 4 is 22.6 Å². The van der Waals surface area contributed by atoms with E-state index in [9.17, 15) is 0 Å². The van der Waals surface area contributed by atoms with E-state index in [0.717, 1.165) is 55.3 Å². The van der Waals surface area contributed by atoms with Crippen molar-refractivity contribution in [3.63, 3.8) is 0 Å². The third-order valence-corrected chi connectivity index (χ3v) is 4.49. The van der Waals surface area contributed by atoms with Crippen LogP contribution >= 0.6 is 11.5 Å². The van der Waals surface area contributed by atoms with E-state index >= 15 is 0 Å². The van der Waals surface area contributed by atoms with Gasteiger partial charge in [0.05, 0.1) is 0 Å². The van der Waals surface area contributed by atoms with Gasteiger partial charge in [-0.15, -0.1) is 10.2 Å². The molecule has 0 bridgehead atoms. The molecule has 2 aromatic heterocycles. The van der Waals surface area contributed by atoms with Gasteiger partial charge in [0.25, 0.3) is 0 Å². The predicted octanol–water partition coefficient (Wildman–Crippen LogP) is 0.864. The number of piperazine rings is 1. The fourth-order valence-corrected chi connectivity index (χ4v) is 3.09. The second-order valence-electron chi connectivity index (χ2n) is 4.93. The molecule has 0 aromatic carbocycles. The molecule has 0 saturated carbocycles. The molecular weight excluding hydrogens is 274 g/mol. The van der Waals surface area contributed by atoms with Crippen molar-refractivity contribution < 1.29 is 0 Å². The number of anilines is 2. The van der Waals surface area contributed by atoms with Crippen LogP contribution in [0.1, 0.15) is 18.6 Å². The van der Waals surface area contributed by atoms with Gasteiger partial charge in [-0.05, 0) is 6.92 Å². The third-order valence-electron chi connectivity index (χ3n) is 3.68. The Morgan fingerprint density at radius 1 is 1.10 bits per heavy atom. The highest BCUT2D eigenvalue weighted by atomic mass is 32.1. The molecule has 0 N–H and O–H groups in total. The maximum atomic E-state index is 4.55. The van der Waals surface area contributed by atoms with Crippen molar-refractivity contribution in [2.24, 2.45) is 7.05 Å². The second kappa shape index (κ2) is 5.35. The van der Waals surface area contributed by atoms with E-state index in [1.807, 2.05) is 18.5 Å². The smallest absolute Gasteiger partial charge is 0.227 e. The highest BCUT2D eigenvalue weighted by molar-refractivity contribution is 7.09. The molecule has 0 aliphatic carbocycles. The van der Waals surface area contributed by atoms with Crippen LogP contribution in [0.2, 0.25) is 0 Å². The van der Waals surface area contributed by atoms with Crippen LogP contribution < -0.4 is 9.80 Å². The lowest BCUT2D eigenvalue weighted by Crippen LogP contribution is -2.47. The molecule has 0 radical (unpaired) electrons. The Hall–Kier alpha value is -1.70. The Kier molecular flexibility index (Phi) is 3.56. The molecule has 0 atom stereocenters. The summed E-state index contributed by atoms with van der Waals surface area (Å²) in [4.78, 5) is 9.13. The average molecular weight is 293 g/mol. The molecule has 0 unspecified atom stereocenters. The standard InChI is InChI=1S/C12H19N7S/c1-4-10-13-12(20-16-10)19-7-5-18(6-8-19)11-15-14-9(2)17(11)3/h4-8H2,1-3H3. The van der Waals surface area contributed by atoms with Crippen LogP contribution in [0.25, 0.3) is 0 Å². The molecule has 108 valence electrons. The number of hydrogen-bond acceptors (Lipinski definition) is 7. The molecule has 0 amide bonds. The summed E-state index contributed by atoms with van der Waals surface area (Å²) in [6.45, 7) is 7.83. The monoisotopic (exact) mass is 293 g/mol. The number of aromatic nitrogens is 5. The Labute approximate surface area is 122 Å². The minimum absolute atomic E-state index is 0.898. The molecule has 1 saturated heterocycles. The van der Waals surface area contributed by atoms with E-state index in [4.69, 9.17) is 0 Å². The van der Waals surface area contributed by atoms with Gasteiger partial charge in [0.1, 0.15) is 11.6 Å². The zero-order valence-electron chi connectivity index (χ0n) is 12.1. The van der Waals surface area contributed by atoms with E-state index in [1.54, 1.807) is 0 Å². The molecule has 7 nitrogen and oxygen atoms in total. The Bertz CT molecular complexity index is 582. The SMILES string of the molecule is CCc1nsc(N2CCN(c3nnc(C)n3C)CC2)n1. The molecule has 1 fully saturated rings. The second-order valence-corrected chi connectivity index (χ2v) is 5.66. The van der Waals surface area contributed by atoms with E-state index < -0.39 is 0 Å². The highest BCUT2D eigenvalue weighted by Gasteiger charge is 2.22. The van der Waals surface area contributed by atoms with Crippen molar-refractivity contribution in [2.45, 2.75) is 20.3 Å². The van der Waals surface area contributed by atoms with Crippen molar-refractivity contribution in [1.29, 1.82) is 0 Å². The molecule has 1 aliphatic rings. The summed E-state index contributed by atoms with van der Waals surface area (Å²) < 4.78 is 6.39. The Morgan fingerprint density at radius 3 is 2.35 bits per heavy atom. The fourth-order valence-electron chi connectivity index (χ4n) is 2.29. The Balaban J connectivity index is 1.66. The molecule has 0 spiro atoms. The summed E-state index contributed by atoms with van der Waals surface area (Å²) in [5.41, 5.74) is 0. The van der Waals surface area contributed by atoms with Gasteiger partial charge in [0.2, 0.25) is 11.1 Å². The van der Waals surface area contributed by atoms with Crippen LogP contribution in [0, 0.1) is 6.92 Å². The van der Waals surface area contributed by atoms with Crippen molar-refractivity contribution in [3.8, 4) is 0 Å². The molecule has 3 rings (SSSR count). The lowest BCUT2D eigenvalue weighted by molar-refractivity contribution is 0.626. The summed E-state index contributed by atoms with van der Waals surface area (Å²) in [6, 6.07) is 0. The fraction of sp³-hybridized carbons (Fsp3) is 0.667. The van der Waals surface area contributed by atoms with Gasteiger partial charge in [0.15, 0.2) is 0 Å². The summed E-state index contributed by atoms with van der Waals surface area (Å²) in [7, 11) is 2.01. The van der Waals surface area contributed by atoms with Crippen LogP contribution in [0.3, 0.4) is 0 Å². The van der Waals surface area contributed by atoms with Gasteiger partial charge in [0, 0.05) is 51.2 Å². The van der Waals surface area contributed by atoms with Gasteiger partial charge in [-0.2, -0.15) is 4.37 Å². The van der Waals surface area contributed by atoms with Crippen LogP contribution in [-0.2, 0) is 13.5 Å². The zero-order chi connectivity index (χ0) is 14.1. The molecular formula is C12H19N7S. The van der Waals surface area contributed by atoms with Crippen molar-refractivity contribution in [2.75, 3.05) is 36.0 Å². The van der Waals surface area contributed by atoms with Crippen molar-refractivity contribution in [1.82, 2.24) is 24.1 Å². The summed E-state index contributed by atoms with van der Waals surface area (Å²) in [5.74, 6) is 2.84. The molecule has 8 heteroatoms. The minimum Gasteiger partial charge on any atom is -0.343 e.